The molecule has 1 aliphatic carbocycles. The summed E-state index contributed by atoms with van der Waals surface area (Å²) >= 11 is 0. The lowest BCUT2D eigenvalue weighted by Crippen LogP contribution is -2.51. The zero-order valence-corrected chi connectivity index (χ0v) is 13.4. The van der Waals surface area contributed by atoms with Gasteiger partial charge in [-0.05, 0) is 38.5 Å². The molecule has 1 aliphatic heterocycles. The van der Waals surface area contributed by atoms with Gasteiger partial charge < -0.3 is 15.3 Å². The van der Waals surface area contributed by atoms with E-state index in [9.17, 15) is 14.7 Å². The number of nitrogens with one attached hydrogen (secondary N) is 1. The number of hydrogen-bond donors (Lipinski definition) is 2. The van der Waals surface area contributed by atoms with E-state index in [2.05, 4.69) is 5.32 Å². The van der Waals surface area contributed by atoms with E-state index >= 15 is 0 Å². The van der Waals surface area contributed by atoms with Crippen LogP contribution in [0.25, 0.3) is 0 Å². The molecule has 5 nitrogen and oxygen atoms in total. The molecule has 1 heterocycles. The maximum atomic E-state index is 12.5. The van der Waals surface area contributed by atoms with Crippen LogP contribution in [0.2, 0.25) is 0 Å². The highest BCUT2D eigenvalue weighted by Gasteiger charge is 2.39. The summed E-state index contributed by atoms with van der Waals surface area (Å²) < 4.78 is 0. The summed E-state index contributed by atoms with van der Waals surface area (Å²) in [6.07, 6.45) is 4.58. The topological polar surface area (TPSA) is 69.6 Å². The summed E-state index contributed by atoms with van der Waals surface area (Å²) in [4.78, 5) is 26.6. The molecule has 1 saturated carbocycles. The van der Waals surface area contributed by atoms with Crippen LogP contribution in [-0.4, -0.2) is 46.6 Å². The second-order valence-corrected chi connectivity index (χ2v) is 7.42. The van der Waals surface area contributed by atoms with Crippen molar-refractivity contribution < 1.29 is 14.7 Å². The third-order valence-corrected chi connectivity index (χ3v) is 4.50. The molecule has 1 atom stereocenters. The molecule has 2 N–H and O–H groups in total. The summed E-state index contributed by atoms with van der Waals surface area (Å²) in [7, 11) is 0. The Balaban J connectivity index is 1.93. The SMILES string of the molecule is CC(C)(C)C(=O)N1CCCC1C(=O)NC1CCC(O)CC1. The zero-order valence-electron chi connectivity index (χ0n) is 13.4. The smallest absolute Gasteiger partial charge is 0.243 e. The Labute approximate surface area is 127 Å². The highest BCUT2D eigenvalue weighted by Crippen LogP contribution is 2.26. The van der Waals surface area contributed by atoms with E-state index in [0.29, 0.717) is 6.54 Å². The number of aliphatic hydroxyl groups excluding tert-OH is 1. The van der Waals surface area contributed by atoms with E-state index in [1.807, 2.05) is 20.8 Å². The maximum Gasteiger partial charge on any atom is 0.243 e. The van der Waals surface area contributed by atoms with Crippen molar-refractivity contribution in [2.45, 2.75) is 77.5 Å². The second-order valence-electron chi connectivity index (χ2n) is 7.42. The van der Waals surface area contributed by atoms with Crippen LogP contribution in [0.15, 0.2) is 0 Å². The Kier molecular flexibility index (Phi) is 4.91. The quantitative estimate of drug-likeness (QED) is 0.810. The fourth-order valence-electron chi connectivity index (χ4n) is 3.23. The maximum absolute atomic E-state index is 12.5. The molecule has 0 aromatic carbocycles. The molecule has 2 aliphatic rings. The Morgan fingerprint density at radius 2 is 1.71 bits per heavy atom. The molecule has 2 fully saturated rings. The number of likely N-dealkylation sites (tertiary alicyclic amines) is 1. The number of amides is 2. The molecule has 120 valence electrons. The minimum atomic E-state index is -0.447. The molecule has 1 saturated heterocycles. The minimum Gasteiger partial charge on any atom is -0.393 e. The van der Waals surface area contributed by atoms with Gasteiger partial charge >= 0.3 is 0 Å². The van der Waals surface area contributed by atoms with Gasteiger partial charge in [0.25, 0.3) is 0 Å². The van der Waals surface area contributed by atoms with Crippen LogP contribution >= 0.6 is 0 Å². The number of carbonyl (C=O) groups excluding carboxylic acids is 2. The molecule has 2 amide bonds. The first kappa shape index (κ1) is 16.3. The predicted molar refractivity (Wildman–Crippen MR) is 80.6 cm³/mol. The predicted octanol–water partition coefficient (Wildman–Crippen LogP) is 1.44. The Bertz CT molecular complexity index is 395. The second kappa shape index (κ2) is 6.34. The van der Waals surface area contributed by atoms with Crippen molar-refractivity contribution in [3.05, 3.63) is 0 Å². The fraction of sp³-hybridized carbons (Fsp3) is 0.875. The van der Waals surface area contributed by atoms with Crippen LogP contribution in [0.5, 0.6) is 0 Å². The van der Waals surface area contributed by atoms with Crippen LogP contribution in [0.3, 0.4) is 0 Å². The van der Waals surface area contributed by atoms with Crippen LogP contribution in [-0.2, 0) is 9.59 Å². The van der Waals surface area contributed by atoms with Gasteiger partial charge in [0.05, 0.1) is 6.10 Å². The first-order valence-electron chi connectivity index (χ1n) is 8.08. The number of rotatable bonds is 2. The van der Waals surface area contributed by atoms with Gasteiger partial charge in [-0.2, -0.15) is 0 Å². The largest absolute Gasteiger partial charge is 0.393 e. The lowest BCUT2D eigenvalue weighted by atomic mass is 9.92. The highest BCUT2D eigenvalue weighted by molar-refractivity contribution is 5.90. The Hall–Kier alpha value is -1.10. The number of nitrogens with zero attached hydrogens (tertiary/aromatic N) is 1. The Morgan fingerprint density at radius 3 is 2.29 bits per heavy atom. The molecule has 21 heavy (non-hydrogen) atoms. The highest BCUT2D eigenvalue weighted by atomic mass is 16.3. The normalized spacial score (nSPS) is 30.3. The van der Waals surface area contributed by atoms with E-state index < -0.39 is 5.41 Å². The van der Waals surface area contributed by atoms with E-state index in [0.717, 1.165) is 38.5 Å². The Morgan fingerprint density at radius 1 is 1.10 bits per heavy atom. The van der Waals surface area contributed by atoms with E-state index in [4.69, 9.17) is 0 Å². The lowest BCUT2D eigenvalue weighted by Gasteiger charge is -2.32. The van der Waals surface area contributed by atoms with Gasteiger partial charge in [-0.15, -0.1) is 0 Å². The van der Waals surface area contributed by atoms with Crippen molar-refractivity contribution in [3.63, 3.8) is 0 Å². The summed E-state index contributed by atoms with van der Waals surface area (Å²) in [6, 6.07) is -0.170. The molecule has 0 spiro atoms. The van der Waals surface area contributed by atoms with Gasteiger partial charge in [0, 0.05) is 18.0 Å². The van der Waals surface area contributed by atoms with Crippen LogP contribution < -0.4 is 5.32 Å². The van der Waals surface area contributed by atoms with Gasteiger partial charge in [-0.3, -0.25) is 9.59 Å². The summed E-state index contributed by atoms with van der Waals surface area (Å²) in [5.41, 5.74) is -0.447. The van der Waals surface area contributed by atoms with Crippen molar-refractivity contribution in [3.8, 4) is 0 Å². The summed E-state index contributed by atoms with van der Waals surface area (Å²) in [6.45, 7) is 6.36. The van der Waals surface area contributed by atoms with Gasteiger partial charge in [0.2, 0.25) is 11.8 Å². The van der Waals surface area contributed by atoms with Gasteiger partial charge in [0.15, 0.2) is 0 Å². The number of hydrogen-bond acceptors (Lipinski definition) is 3. The van der Waals surface area contributed by atoms with Crippen LogP contribution in [0.1, 0.15) is 59.3 Å². The molecule has 0 aromatic rings. The van der Waals surface area contributed by atoms with Gasteiger partial charge in [0.1, 0.15) is 6.04 Å². The number of aliphatic hydroxyl groups is 1. The van der Waals surface area contributed by atoms with Gasteiger partial charge in [-0.1, -0.05) is 20.8 Å². The molecule has 2 rings (SSSR count). The molecule has 5 heteroatoms. The van der Waals surface area contributed by atoms with Crippen molar-refractivity contribution >= 4 is 11.8 Å². The van der Waals surface area contributed by atoms with Gasteiger partial charge in [-0.25, -0.2) is 0 Å². The molecule has 0 radical (unpaired) electrons. The van der Waals surface area contributed by atoms with Crippen molar-refractivity contribution in [2.24, 2.45) is 5.41 Å². The summed E-state index contributed by atoms with van der Waals surface area (Å²) in [5, 5.41) is 12.6. The van der Waals surface area contributed by atoms with Crippen molar-refractivity contribution in [1.82, 2.24) is 10.2 Å². The standard InChI is InChI=1S/C16H28N2O3/c1-16(2,3)15(21)18-10-4-5-13(18)14(20)17-11-6-8-12(19)9-7-11/h11-13,19H,4-10H2,1-3H3,(H,17,20). The molecule has 1 unspecified atom stereocenters. The third kappa shape index (κ3) is 3.96. The number of carbonyl (C=O) groups is 2. The molecule has 0 aromatic heterocycles. The minimum absolute atomic E-state index is 0.0218. The first-order chi connectivity index (χ1) is 9.79. The van der Waals surface area contributed by atoms with E-state index in [1.165, 1.54) is 0 Å². The molecule has 0 bridgehead atoms. The molecular formula is C16H28N2O3. The van der Waals surface area contributed by atoms with Crippen molar-refractivity contribution in [2.75, 3.05) is 6.54 Å². The lowest BCUT2D eigenvalue weighted by molar-refractivity contribution is -0.145. The fourth-order valence-corrected chi connectivity index (χ4v) is 3.23. The zero-order chi connectivity index (χ0) is 15.6. The average molecular weight is 296 g/mol. The molecular weight excluding hydrogens is 268 g/mol. The average Bonchev–Trinajstić information content (AvgIpc) is 2.88. The van der Waals surface area contributed by atoms with Crippen LogP contribution in [0, 0.1) is 5.41 Å². The van der Waals surface area contributed by atoms with Crippen molar-refractivity contribution in [1.29, 1.82) is 0 Å². The monoisotopic (exact) mass is 296 g/mol. The first-order valence-corrected chi connectivity index (χ1v) is 8.08. The van der Waals surface area contributed by atoms with E-state index in [1.54, 1.807) is 4.90 Å². The van der Waals surface area contributed by atoms with Crippen LogP contribution in [0.4, 0.5) is 0 Å². The summed E-state index contributed by atoms with van der Waals surface area (Å²) in [5.74, 6) is 0.0331. The third-order valence-electron chi connectivity index (χ3n) is 4.50. The van der Waals surface area contributed by atoms with E-state index in [-0.39, 0.29) is 30.0 Å².